The summed E-state index contributed by atoms with van der Waals surface area (Å²) in [6.45, 7) is 4.13. The fraction of sp³-hybridized carbons (Fsp3) is 0.381. The molecule has 0 aliphatic heterocycles. The zero-order valence-corrected chi connectivity index (χ0v) is 16.4. The molecule has 2 aromatic rings. The van der Waals surface area contributed by atoms with Crippen molar-refractivity contribution in [1.29, 1.82) is 0 Å². The van der Waals surface area contributed by atoms with Gasteiger partial charge in [0.2, 0.25) is 0 Å². The minimum atomic E-state index is -0.112. The van der Waals surface area contributed by atoms with E-state index in [4.69, 9.17) is 4.74 Å². The number of ether oxygens (including phenoxy) is 1. The average Bonchev–Trinajstić information content (AvgIpc) is 3.08. The van der Waals surface area contributed by atoms with E-state index in [2.05, 4.69) is 46.4 Å². The normalized spacial score (nSPS) is 14.0. The molecule has 0 spiro atoms. The lowest BCUT2D eigenvalue weighted by Crippen LogP contribution is -2.31. The highest BCUT2D eigenvalue weighted by molar-refractivity contribution is 9.10. The van der Waals surface area contributed by atoms with Gasteiger partial charge >= 0.3 is 0 Å². The molecule has 3 nitrogen and oxygen atoms in total. The Bertz CT molecular complexity index is 772. The van der Waals surface area contributed by atoms with Gasteiger partial charge in [-0.2, -0.15) is 0 Å². The molecule has 0 saturated carbocycles. The number of rotatable bonds is 6. The van der Waals surface area contributed by atoms with Crippen molar-refractivity contribution in [1.82, 2.24) is 5.32 Å². The Morgan fingerprint density at radius 3 is 2.76 bits per heavy atom. The van der Waals surface area contributed by atoms with E-state index in [1.165, 1.54) is 29.5 Å². The van der Waals surface area contributed by atoms with Crippen molar-refractivity contribution in [2.75, 3.05) is 6.61 Å². The van der Waals surface area contributed by atoms with Crippen LogP contribution >= 0.6 is 15.9 Å². The van der Waals surface area contributed by atoms with Gasteiger partial charge < -0.3 is 10.1 Å². The van der Waals surface area contributed by atoms with Crippen LogP contribution in [0.4, 0.5) is 0 Å². The van der Waals surface area contributed by atoms with E-state index < -0.39 is 0 Å². The van der Waals surface area contributed by atoms with Crippen LogP contribution in [0.5, 0.6) is 5.75 Å². The number of fused-ring (bicyclic) bond motifs is 1. The number of hydrogen-bond acceptors (Lipinski definition) is 2. The maximum atomic E-state index is 12.2. The quantitative estimate of drug-likeness (QED) is 0.757. The Morgan fingerprint density at radius 1 is 1.20 bits per heavy atom. The zero-order chi connectivity index (χ0) is 17.8. The summed E-state index contributed by atoms with van der Waals surface area (Å²) in [6, 6.07) is 12.5. The molecule has 0 radical (unpaired) electrons. The van der Waals surface area contributed by atoms with Crippen molar-refractivity contribution in [2.45, 2.75) is 45.6 Å². The molecule has 4 heteroatoms. The second kappa shape index (κ2) is 8.05. The molecule has 25 heavy (non-hydrogen) atoms. The first-order valence-electron chi connectivity index (χ1n) is 8.89. The summed E-state index contributed by atoms with van der Waals surface area (Å²) in [4.78, 5) is 12.2. The first-order valence-corrected chi connectivity index (χ1v) is 9.68. The summed E-state index contributed by atoms with van der Waals surface area (Å²) in [5, 5.41) is 3.02. The van der Waals surface area contributed by atoms with Crippen molar-refractivity contribution < 1.29 is 9.53 Å². The second-order valence-corrected chi connectivity index (χ2v) is 7.43. The molecule has 0 saturated heterocycles. The van der Waals surface area contributed by atoms with E-state index in [9.17, 15) is 4.79 Å². The summed E-state index contributed by atoms with van der Waals surface area (Å²) in [5.74, 6) is 0.581. The Morgan fingerprint density at radius 2 is 2.00 bits per heavy atom. The Hall–Kier alpha value is -1.81. The molecule has 0 bridgehead atoms. The van der Waals surface area contributed by atoms with Crippen molar-refractivity contribution >= 4 is 21.8 Å². The van der Waals surface area contributed by atoms with Gasteiger partial charge in [-0.1, -0.05) is 31.2 Å². The number of aryl methyl sites for hydroxylation is 3. The molecule has 0 aromatic heterocycles. The summed E-state index contributed by atoms with van der Waals surface area (Å²) in [5.41, 5.74) is 5.26. The van der Waals surface area contributed by atoms with Crippen LogP contribution in [0.1, 0.15) is 48.6 Å². The zero-order valence-electron chi connectivity index (χ0n) is 14.8. The Kier molecular flexibility index (Phi) is 5.79. The molecule has 0 unspecified atom stereocenters. The van der Waals surface area contributed by atoms with Crippen molar-refractivity contribution in [2.24, 2.45) is 0 Å². The van der Waals surface area contributed by atoms with Crippen LogP contribution in [-0.4, -0.2) is 12.5 Å². The van der Waals surface area contributed by atoms with Crippen LogP contribution in [0.25, 0.3) is 0 Å². The molecule has 2 aromatic carbocycles. The van der Waals surface area contributed by atoms with Crippen molar-refractivity contribution in [3.05, 3.63) is 63.1 Å². The van der Waals surface area contributed by atoms with Crippen molar-refractivity contribution in [3.8, 4) is 5.75 Å². The highest BCUT2D eigenvalue weighted by Gasteiger charge is 2.15. The number of amides is 1. The van der Waals surface area contributed by atoms with Crippen molar-refractivity contribution in [3.63, 3.8) is 0 Å². The molecule has 1 amide bonds. The summed E-state index contributed by atoms with van der Waals surface area (Å²) in [6.07, 6.45) is 4.53. The topological polar surface area (TPSA) is 38.3 Å². The van der Waals surface area contributed by atoms with Gasteiger partial charge in [0.1, 0.15) is 5.75 Å². The number of halogens is 1. The van der Waals surface area contributed by atoms with Crippen LogP contribution < -0.4 is 10.1 Å². The lowest BCUT2D eigenvalue weighted by Gasteiger charge is -2.16. The number of carbonyl (C=O) groups excluding carboxylic acids is 1. The first-order chi connectivity index (χ1) is 12.1. The molecule has 3 rings (SSSR count). The smallest absolute Gasteiger partial charge is 0.258 e. The van der Waals surface area contributed by atoms with E-state index >= 15 is 0 Å². The molecule has 132 valence electrons. The number of hydrogen-bond donors (Lipinski definition) is 1. The van der Waals surface area contributed by atoms with E-state index in [1.54, 1.807) is 0 Å². The predicted octanol–water partition coefficient (Wildman–Crippen LogP) is 4.76. The fourth-order valence-electron chi connectivity index (χ4n) is 3.25. The summed E-state index contributed by atoms with van der Waals surface area (Å²) >= 11 is 3.50. The maximum Gasteiger partial charge on any atom is 0.258 e. The van der Waals surface area contributed by atoms with Gasteiger partial charge in [-0.25, -0.2) is 0 Å². The molecular formula is C21H24BrNO2. The second-order valence-electron chi connectivity index (χ2n) is 6.58. The monoisotopic (exact) mass is 401 g/mol. The molecule has 0 fully saturated rings. The van der Waals surface area contributed by atoms with E-state index in [-0.39, 0.29) is 18.6 Å². The van der Waals surface area contributed by atoms with Gasteiger partial charge in [0.15, 0.2) is 6.61 Å². The summed E-state index contributed by atoms with van der Waals surface area (Å²) in [7, 11) is 0. The molecule has 1 aliphatic carbocycles. The van der Waals surface area contributed by atoms with Crippen LogP contribution in [-0.2, 0) is 24.1 Å². The Balaban J connectivity index is 1.55. The van der Waals surface area contributed by atoms with Crippen LogP contribution in [0.2, 0.25) is 0 Å². The largest absolute Gasteiger partial charge is 0.483 e. The lowest BCUT2D eigenvalue weighted by molar-refractivity contribution is -0.123. The lowest BCUT2D eigenvalue weighted by atomic mass is 10.0. The third-order valence-electron chi connectivity index (χ3n) is 4.76. The minimum Gasteiger partial charge on any atom is -0.483 e. The first kappa shape index (κ1) is 18.0. The summed E-state index contributed by atoms with van der Waals surface area (Å²) < 4.78 is 6.53. The van der Waals surface area contributed by atoms with Crippen LogP contribution in [0, 0.1) is 0 Å². The predicted molar refractivity (Wildman–Crippen MR) is 104 cm³/mol. The van der Waals surface area contributed by atoms with Gasteiger partial charge in [0.05, 0.1) is 10.5 Å². The minimum absolute atomic E-state index is 0.0132. The number of carbonyl (C=O) groups is 1. The highest BCUT2D eigenvalue weighted by Crippen LogP contribution is 2.27. The van der Waals surface area contributed by atoms with Gasteiger partial charge in [-0.15, -0.1) is 0 Å². The number of nitrogens with one attached hydrogen (secondary N) is 1. The van der Waals surface area contributed by atoms with Gasteiger partial charge in [-0.3, -0.25) is 4.79 Å². The standard InChI is InChI=1S/C21H24BrNO2/c1-3-15-7-10-20(19(22)11-15)25-13-21(24)23-14(2)17-9-8-16-5-4-6-18(16)12-17/h7-12,14H,3-6,13H2,1-2H3,(H,23,24)/t14-/m1/s1. The maximum absolute atomic E-state index is 12.2. The Labute approximate surface area is 157 Å². The van der Waals surface area contributed by atoms with Gasteiger partial charge in [0.25, 0.3) is 5.91 Å². The molecular weight excluding hydrogens is 378 g/mol. The van der Waals surface area contributed by atoms with E-state index in [1.807, 2.05) is 25.1 Å². The third-order valence-corrected chi connectivity index (χ3v) is 5.38. The fourth-order valence-corrected chi connectivity index (χ4v) is 3.79. The van der Waals surface area contributed by atoms with Gasteiger partial charge in [-0.05, 0) is 82.9 Å². The third kappa shape index (κ3) is 4.43. The average molecular weight is 402 g/mol. The van der Waals surface area contributed by atoms with Crippen LogP contribution in [0.15, 0.2) is 40.9 Å². The molecule has 1 N–H and O–H groups in total. The SMILES string of the molecule is CCc1ccc(OCC(=O)N[C@H](C)c2ccc3c(c2)CCC3)c(Br)c1. The van der Waals surface area contributed by atoms with E-state index in [0.717, 1.165) is 22.9 Å². The number of benzene rings is 2. The highest BCUT2D eigenvalue weighted by atomic mass is 79.9. The molecule has 1 atom stereocenters. The molecule has 1 aliphatic rings. The van der Waals surface area contributed by atoms with Crippen LogP contribution in [0.3, 0.4) is 0 Å². The van der Waals surface area contributed by atoms with Gasteiger partial charge in [0, 0.05) is 0 Å². The van der Waals surface area contributed by atoms with E-state index in [0.29, 0.717) is 5.75 Å². The molecule has 0 heterocycles.